The molecule has 20 heavy (non-hydrogen) atoms. The van der Waals surface area contributed by atoms with Crippen molar-refractivity contribution < 1.29 is 0 Å². The fourth-order valence-corrected chi connectivity index (χ4v) is 3.20. The Morgan fingerprint density at radius 3 is 2.50 bits per heavy atom. The topological polar surface area (TPSA) is 23.8 Å². The molecule has 0 amide bonds. The molecule has 2 atom stereocenters. The SMILES string of the molecule is C=C/C(C)=C(\C(=C)C#N)C1C=C(C)CCC1C(C)(C)C. The molecule has 0 fully saturated rings. The molecule has 1 aliphatic carbocycles. The molecule has 1 nitrogen and oxygen atoms in total. The summed E-state index contributed by atoms with van der Waals surface area (Å²) in [5.74, 6) is 0.801. The van der Waals surface area contributed by atoms with Crippen LogP contribution in [0.3, 0.4) is 0 Å². The average molecular weight is 269 g/mol. The maximum absolute atomic E-state index is 9.30. The van der Waals surface area contributed by atoms with Crippen molar-refractivity contribution in [3.8, 4) is 6.07 Å². The molecule has 0 spiro atoms. The maximum atomic E-state index is 9.30. The highest BCUT2D eigenvalue weighted by Crippen LogP contribution is 2.45. The molecule has 0 aliphatic heterocycles. The van der Waals surface area contributed by atoms with Crippen LogP contribution >= 0.6 is 0 Å². The molecular weight excluding hydrogens is 242 g/mol. The van der Waals surface area contributed by atoms with Gasteiger partial charge < -0.3 is 0 Å². The van der Waals surface area contributed by atoms with Gasteiger partial charge in [0.15, 0.2) is 0 Å². The summed E-state index contributed by atoms with van der Waals surface area (Å²) in [6, 6.07) is 2.24. The van der Waals surface area contributed by atoms with Crippen molar-refractivity contribution in [1.82, 2.24) is 0 Å². The fraction of sp³-hybridized carbons (Fsp3) is 0.526. The van der Waals surface area contributed by atoms with E-state index in [1.54, 1.807) is 0 Å². The van der Waals surface area contributed by atoms with Gasteiger partial charge >= 0.3 is 0 Å². The molecule has 1 rings (SSSR count). The van der Waals surface area contributed by atoms with E-state index in [1.807, 2.05) is 13.0 Å². The van der Waals surface area contributed by atoms with Gasteiger partial charge in [-0.1, -0.05) is 51.7 Å². The van der Waals surface area contributed by atoms with Gasteiger partial charge in [-0.15, -0.1) is 0 Å². The predicted molar refractivity (Wildman–Crippen MR) is 87.1 cm³/mol. The van der Waals surface area contributed by atoms with Crippen LogP contribution in [0.15, 0.2) is 47.6 Å². The highest BCUT2D eigenvalue weighted by Gasteiger charge is 2.36. The zero-order chi connectivity index (χ0) is 15.5. The third-order valence-electron chi connectivity index (χ3n) is 4.38. The zero-order valence-electron chi connectivity index (χ0n) is 13.6. The molecule has 1 heteroatoms. The summed E-state index contributed by atoms with van der Waals surface area (Å²) >= 11 is 0. The lowest BCUT2D eigenvalue weighted by Gasteiger charge is -2.40. The van der Waals surface area contributed by atoms with Crippen LogP contribution in [0.4, 0.5) is 0 Å². The molecule has 1 aliphatic rings. The summed E-state index contributed by atoms with van der Waals surface area (Å²) < 4.78 is 0. The molecule has 2 unspecified atom stereocenters. The van der Waals surface area contributed by atoms with E-state index in [9.17, 15) is 5.26 Å². The molecule has 0 heterocycles. The van der Waals surface area contributed by atoms with Crippen LogP contribution in [0.25, 0.3) is 0 Å². The Morgan fingerprint density at radius 1 is 1.45 bits per heavy atom. The van der Waals surface area contributed by atoms with Gasteiger partial charge in [-0.25, -0.2) is 0 Å². The van der Waals surface area contributed by atoms with Crippen LogP contribution in [0.2, 0.25) is 0 Å². The van der Waals surface area contributed by atoms with Crippen molar-refractivity contribution in [3.63, 3.8) is 0 Å². The molecule has 0 saturated heterocycles. The van der Waals surface area contributed by atoms with Gasteiger partial charge in [0.25, 0.3) is 0 Å². The van der Waals surface area contributed by atoms with E-state index in [0.29, 0.717) is 11.5 Å². The average Bonchev–Trinajstić information content (AvgIpc) is 2.37. The molecule has 0 bridgehead atoms. The summed E-state index contributed by atoms with van der Waals surface area (Å²) in [6.45, 7) is 18.9. The largest absolute Gasteiger partial charge is 0.192 e. The zero-order valence-corrected chi connectivity index (χ0v) is 13.6. The van der Waals surface area contributed by atoms with Crippen molar-refractivity contribution in [1.29, 1.82) is 5.26 Å². The normalized spacial score (nSPS) is 24.3. The monoisotopic (exact) mass is 269 g/mol. The Hall–Kier alpha value is -1.55. The Labute approximate surface area is 124 Å². The molecule has 0 aromatic carbocycles. The van der Waals surface area contributed by atoms with E-state index in [2.05, 4.69) is 53.0 Å². The van der Waals surface area contributed by atoms with Crippen LogP contribution in [0, 0.1) is 28.6 Å². The number of nitrogens with zero attached hydrogens (tertiary/aromatic N) is 1. The second kappa shape index (κ2) is 6.27. The number of allylic oxidation sites excluding steroid dienone is 6. The van der Waals surface area contributed by atoms with Crippen molar-refractivity contribution >= 4 is 0 Å². The van der Waals surface area contributed by atoms with Crippen molar-refractivity contribution in [2.45, 2.75) is 47.5 Å². The summed E-state index contributed by atoms with van der Waals surface area (Å²) in [5.41, 5.74) is 4.34. The standard InChI is InChI=1S/C19H27N/c1-8-14(3)18(15(4)12-20)16-11-13(2)9-10-17(16)19(5,6)7/h8,11,16-17H,1,4,9-10H2,2-3,5-7H3/b18-14+. The lowest BCUT2D eigenvalue weighted by Crippen LogP contribution is -2.31. The second-order valence-corrected chi connectivity index (χ2v) is 6.94. The van der Waals surface area contributed by atoms with Crippen LogP contribution < -0.4 is 0 Å². The van der Waals surface area contributed by atoms with Crippen molar-refractivity contribution in [2.24, 2.45) is 17.3 Å². The smallest absolute Gasteiger partial charge is 0.0988 e. The second-order valence-electron chi connectivity index (χ2n) is 6.94. The summed E-state index contributed by atoms with van der Waals surface area (Å²) in [7, 11) is 0. The van der Waals surface area contributed by atoms with Crippen LogP contribution in [0.1, 0.15) is 47.5 Å². The Bertz CT molecular complexity index is 503. The minimum Gasteiger partial charge on any atom is -0.192 e. The lowest BCUT2D eigenvalue weighted by atomic mass is 9.64. The molecule has 0 N–H and O–H groups in total. The maximum Gasteiger partial charge on any atom is 0.0988 e. The first-order valence-electron chi connectivity index (χ1n) is 7.32. The van der Waals surface area contributed by atoms with Crippen LogP contribution in [-0.4, -0.2) is 0 Å². The van der Waals surface area contributed by atoms with Crippen molar-refractivity contribution in [2.75, 3.05) is 0 Å². The van der Waals surface area contributed by atoms with E-state index >= 15 is 0 Å². The minimum absolute atomic E-state index is 0.213. The minimum atomic E-state index is 0.213. The molecule has 0 aromatic heterocycles. The van der Waals surface area contributed by atoms with E-state index in [1.165, 1.54) is 12.0 Å². The number of nitriles is 1. The van der Waals surface area contributed by atoms with Gasteiger partial charge in [0.2, 0.25) is 0 Å². The van der Waals surface area contributed by atoms with Crippen LogP contribution in [0.5, 0.6) is 0 Å². The van der Waals surface area contributed by atoms with E-state index < -0.39 is 0 Å². The Kier molecular flexibility index (Phi) is 5.17. The van der Waals surface area contributed by atoms with Gasteiger partial charge in [0.1, 0.15) is 0 Å². The number of hydrogen-bond donors (Lipinski definition) is 0. The molecule has 0 radical (unpaired) electrons. The van der Waals surface area contributed by atoms with Gasteiger partial charge in [0, 0.05) is 11.5 Å². The molecule has 108 valence electrons. The quantitative estimate of drug-likeness (QED) is 0.372. The third kappa shape index (κ3) is 3.51. The van der Waals surface area contributed by atoms with Gasteiger partial charge in [0.05, 0.1) is 6.07 Å². The Morgan fingerprint density at radius 2 is 2.05 bits per heavy atom. The van der Waals surface area contributed by atoms with Crippen LogP contribution in [-0.2, 0) is 0 Å². The molecule has 0 saturated carbocycles. The summed E-state index contributed by atoms with van der Waals surface area (Å²) in [6.07, 6.45) is 6.50. The van der Waals surface area contributed by atoms with Gasteiger partial charge in [-0.05, 0) is 49.2 Å². The van der Waals surface area contributed by atoms with E-state index in [4.69, 9.17) is 0 Å². The van der Waals surface area contributed by atoms with Gasteiger partial charge in [-0.2, -0.15) is 5.26 Å². The predicted octanol–water partition coefficient (Wildman–Crippen LogP) is 5.59. The summed E-state index contributed by atoms with van der Waals surface area (Å²) in [5, 5.41) is 9.30. The first-order chi connectivity index (χ1) is 9.22. The van der Waals surface area contributed by atoms with Crippen molar-refractivity contribution in [3.05, 3.63) is 47.6 Å². The molecular formula is C19H27N. The van der Waals surface area contributed by atoms with E-state index in [0.717, 1.165) is 17.6 Å². The highest BCUT2D eigenvalue weighted by atomic mass is 14.4. The number of hydrogen-bond acceptors (Lipinski definition) is 1. The third-order valence-corrected chi connectivity index (χ3v) is 4.38. The molecule has 0 aromatic rings. The van der Waals surface area contributed by atoms with Gasteiger partial charge in [-0.3, -0.25) is 0 Å². The fourth-order valence-electron chi connectivity index (χ4n) is 3.20. The lowest BCUT2D eigenvalue weighted by molar-refractivity contribution is 0.181. The summed E-state index contributed by atoms with van der Waals surface area (Å²) in [4.78, 5) is 0. The number of rotatable bonds is 3. The Balaban J connectivity index is 3.41. The highest BCUT2D eigenvalue weighted by molar-refractivity contribution is 5.49. The first-order valence-corrected chi connectivity index (χ1v) is 7.32. The first kappa shape index (κ1) is 16.5. The van der Waals surface area contributed by atoms with E-state index in [-0.39, 0.29) is 11.3 Å².